The number of nitrogens with one attached hydrogen (secondary N) is 1. The summed E-state index contributed by atoms with van der Waals surface area (Å²) >= 11 is 1.33. The van der Waals surface area contributed by atoms with E-state index in [0.717, 1.165) is 22.3 Å². The van der Waals surface area contributed by atoms with E-state index in [1.54, 1.807) is 11.5 Å². The summed E-state index contributed by atoms with van der Waals surface area (Å²) in [5, 5.41) is 5.26. The lowest BCUT2D eigenvalue weighted by atomic mass is 10.0. The van der Waals surface area contributed by atoms with Gasteiger partial charge >= 0.3 is 5.97 Å². The number of aryl methyl sites for hydroxylation is 2. The monoisotopic (exact) mass is 395 g/mol. The Hall–Kier alpha value is -2.99. The molecule has 1 aromatic carbocycles. The molecule has 28 heavy (non-hydrogen) atoms. The molecular weight excluding hydrogens is 372 g/mol. The summed E-state index contributed by atoms with van der Waals surface area (Å²) in [4.78, 5) is 25.1. The van der Waals surface area contributed by atoms with E-state index < -0.39 is 5.97 Å². The van der Waals surface area contributed by atoms with E-state index in [1.807, 2.05) is 68.0 Å². The second-order valence-corrected chi connectivity index (χ2v) is 7.42. The number of benzene rings is 1. The molecule has 1 amide bonds. The summed E-state index contributed by atoms with van der Waals surface area (Å²) in [5.41, 5.74) is 4.35. The molecule has 144 valence electrons. The van der Waals surface area contributed by atoms with Gasteiger partial charge in [0.25, 0.3) is 5.91 Å². The van der Waals surface area contributed by atoms with Crippen LogP contribution in [0.15, 0.2) is 54.2 Å². The van der Waals surface area contributed by atoms with Crippen molar-refractivity contribution in [2.45, 2.75) is 27.3 Å². The van der Waals surface area contributed by atoms with E-state index >= 15 is 0 Å². The molecule has 0 bridgehead atoms. The van der Waals surface area contributed by atoms with Crippen molar-refractivity contribution < 1.29 is 18.9 Å². The van der Waals surface area contributed by atoms with E-state index in [1.165, 1.54) is 11.3 Å². The molecule has 0 saturated heterocycles. The normalized spacial score (nSPS) is 10.5. The maximum absolute atomic E-state index is 12.6. The van der Waals surface area contributed by atoms with Gasteiger partial charge in [-0.15, -0.1) is 11.3 Å². The minimum atomic E-state index is -0.433. The van der Waals surface area contributed by atoms with E-state index in [9.17, 15) is 9.59 Å². The SMILES string of the molecule is CCOC(=O)c1c(-c2ccc(C)cc2)csc1NC(=O)C[n+]1ccc(C)cc1. The van der Waals surface area contributed by atoms with Crippen molar-refractivity contribution in [3.05, 3.63) is 70.9 Å². The van der Waals surface area contributed by atoms with E-state index in [4.69, 9.17) is 4.74 Å². The minimum absolute atomic E-state index is 0.167. The number of pyridine rings is 1. The van der Waals surface area contributed by atoms with Crippen molar-refractivity contribution >= 4 is 28.2 Å². The van der Waals surface area contributed by atoms with E-state index in [0.29, 0.717) is 10.6 Å². The fourth-order valence-electron chi connectivity index (χ4n) is 2.77. The molecule has 0 unspecified atom stereocenters. The third-order valence-corrected chi connectivity index (χ3v) is 5.17. The molecule has 3 aromatic rings. The molecule has 0 aliphatic carbocycles. The van der Waals surface area contributed by atoms with Crippen molar-refractivity contribution in [2.75, 3.05) is 11.9 Å². The number of carbonyl (C=O) groups excluding carboxylic acids is 2. The number of ether oxygens (including phenoxy) is 1. The molecule has 0 aliphatic heterocycles. The summed E-state index contributed by atoms with van der Waals surface area (Å²) < 4.78 is 7.03. The van der Waals surface area contributed by atoms with Crippen LogP contribution in [0.4, 0.5) is 5.00 Å². The third-order valence-electron chi connectivity index (χ3n) is 4.27. The van der Waals surface area contributed by atoms with Crippen LogP contribution in [0.1, 0.15) is 28.4 Å². The smallest absolute Gasteiger partial charge is 0.341 e. The number of aromatic nitrogens is 1. The first kappa shape index (κ1) is 19.8. The van der Waals surface area contributed by atoms with Crippen LogP contribution >= 0.6 is 11.3 Å². The van der Waals surface area contributed by atoms with E-state index in [-0.39, 0.29) is 19.1 Å². The molecule has 0 radical (unpaired) electrons. The highest BCUT2D eigenvalue weighted by Gasteiger charge is 2.23. The maximum atomic E-state index is 12.6. The molecule has 2 aromatic heterocycles. The van der Waals surface area contributed by atoms with Crippen LogP contribution < -0.4 is 9.88 Å². The molecule has 0 spiro atoms. The number of hydrogen-bond donors (Lipinski definition) is 1. The van der Waals surface area contributed by atoms with Crippen molar-refractivity contribution in [3.8, 4) is 11.1 Å². The molecule has 1 N–H and O–H groups in total. The maximum Gasteiger partial charge on any atom is 0.341 e. The molecule has 0 atom stereocenters. The van der Waals surface area contributed by atoms with Gasteiger partial charge < -0.3 is 10.1 Å². The fraction of sp³-hybridized carbons (Fsp3) is 0.227. The Kier molecular flexibility index (Phi) is 6.21. The number of carbonyl (C=O) groups is 2. The van der Waals surface area contributed by atoms with Crippen molar-refractivity contribution in [3.63, 3.8) is 0 Å². The number of hydrogen-bond acceptors (Lipinski definition) is 4. The van der Waals surface area contributed by atoms with Crippen LogP contribution in [0.5, 0.6) is 0 Å². The number of anilines is 1. The average molecular weight is 396 g/mol. The number of rotatable bonds is 6. The zero-order valence-electron chi connectivity index (χ0n) is 16.2. The van der Waals surface area contributed by atoms with Gasteiger partial charge in [-0.05, 0) is 31.9 Å². The van der Waals surface area contributed by atoms with E-state index in [2.05, 4.69) is 5.32 Å². The Morgan fingerprint density at radius 1 is 1.04 bits per heavy atom. The lowest BCUT2D eigenvalue weighted by Gasteiger charge is -2.08. The first-order valence-corrected chi connectivity index (χ1v) is 9.97. The van der Waals surface area contributed by atoms with Crippen LogP contribution in [0.2, 0.25) is 0 Å². The summed E-state index contributed by atoms with van der Waals surface area (Å²) in [5.74, 6) is -0.630. The zero-order chi connectivity index (χ0) is 20.1. The van der Waals surface area contributed by atoms with Gasteiger partial charge in [0.2, 0.25) is 6.54 Å². The number of thiophene rings is 1. The molecule has 6 heteroatoms. The third kappa shape index (κ3) is 4.64. The minimum Gasteiger partial charge on any atom is -0.462 e. The summed E-state index contributed by atoms with van der Waals surface area (Å²) in [6.07, 6.45) is 3.71. The second kappa shape index (κ2) is 8.80. The molecule has 5 nitrogen and oxygen atoms in total. The van der Waals surface area contributed by atoms with Crippen molar-refractivity contribution in [1.29, 1.82) is 0 Å². The first-order chi connectivity index (χ1) is 13.5. The summed E-state index contributed by atoms with van der Waals surface area (Å²) in [7, 11) is 0. The standard InChI is InChI=1S/C22H22N2O3S/c1-4-27-22(26)20-18(17-7-5-15(2)6-8-17)14-28-21(20)23-19(25)13-24-11-9-16(3)10-12-24/h5-12,14H,4,13H2,1-3H3/p+1. The molecule has 2 heterocycles. The predicted octanol–water partition coefficient (Wildman–Crippen LogP) is 4.13. The van der Waals surface area contributed by atoms with Gasteiger partial charge in [-0.3, -0.25) is 4.79 Å². The van der Waals surface area contributed by atoms with Crippen molar-refractivity contribution in [2.24, 2.45) is 0 Å². The molecule has 0 fully saturated rings. The number of amides is 1. The second-order valence-electron chi connectivity index (χ2n) is 6.54. The highest BCUT2D eigenvalue weighted by atomic mass is 32.1. The van der Waals surface area contributed by atoms with Crippen LogP contribution in [-0.4, -0.2) is 18.5 Å². The lowest BCUT2D eigenvalue weighted by Crippen LogP contribution is -2.39. The van der Waals surface area contributed by atoms with Crippen LogP contribution in [0.3, 0.4) is 0 Å². The Morgan fingerprint density at radius 3 is 2.32 bits per heavy atom. The number of nitrogens with zero attached hydrogens (tertiary/aromatic N) is 1. The molecular formula is C22H23N2O3S+. The number of esters is 1. The van der Waals surface area contributed by atoms with Crippen LogP contribution in [0, 0.1) is 13.8 Å². The lowest BCUT2D eigenvalue weighted by molar-refractivity contribution is -0.684. The average Bonchev–Trinajstić information content (AvgIpc) is 3.08. The molecule has 0 aliphatic rings. The van der Waals surface area contributed by atoms with Crippen LogP contribution in [0.25, 0.3) is 11.1 Å². The van der Waals surface area contributed by atoms with Gasteiger partial charge in [0.1, 0.15) is 10.6 Å². The van der Waals surface area contributed by atoms with Crippen LogP contribution in [-0.2, 0) is 16.1 Å². The van der Waals surface area contributed by atoms with Gasteiger partial charge in [0.05, 0.1) is 6.61 Å². The zero-order valence-corrected chi connectivity index (χ0v) is 17.0. The van der Waals surface area contributed by atoms with Gasteiger partial charge in [-0.1, -0.05) is 29.8 Å². The Bertz CT molecular complexity index is 976. The van der Waals surface area contributed by atoms with Gasteiger partial charge in [-0.2, -0.15) is 4.57 Å². The Morgan fingerprint density at radius 2 is 1.68 bits per heavy atom. The highest BCUT2D eigenvalue weighted by Crippen LogP contribution is 2.36. The predicted molar refractivity (Wildman–Crippen MR) is 110 cm³/mol. The van der Waals surface area contributed by atoms with Gasteiger partial charge in [0.15, 0.2) is 12.4 Å². The quantitative estimate of drug-likeness (QED) is 0.504. The summed E-state index contributed by atoms with van der Waals surface area (Å²) in [6, 6.07) is 11.8. The van der Waals surface area contributed by atoms with Gasteiger partial charge in [0, 0.05) is 23.1 Å². The van der Waals surface area contributed by atoms with Crippen molar-refractivity contribution in [1.82, 2.24) is 0 Å². The Labute approximate surface area is 168 Å². The largest absolute Gasteiger partial charge is 0.462 e. The highest BCUT2D eigenvalue weighted by molar-refractivity contribution is 7.15. The fourth-order valence-corrected chi connectivity index (χ4v) is 3.74. The van der Waals surface area contributed by atoms with Gasteiger partial charge in [-0.25, -0.2) is 4.79 Å². The first-order valence-electron chi connectivity index (χ1n) is 9.09. The topological polar surface area (TPSA) is 59.3 Å². The Balaban J connectivity index is 1.87. The molecule has 3 rings (SSSR count). The molecule has 0 saturated carbocycles. The summed E-state index contributed by atoms with van der Waals surface area (Å²) in [6.45, 7) is 6.21.